The topological polar surface area (TPSA) is 33.0 Å². The van der Waals surface area contributed by atoms with Gasteiger partial charge in [-0.3, -0.25) is 0 Å². The third-order valence-electron chi connectivity index (χ3n) is 1.22. The fraction of sp³-hybridized carbons (Fsp3) is 0.667. The van der Waals surface area contributed by atoms with Gasteiger partial charge in [0.15, 0.2) is 13.9 Å². The first-order chi connectivity index (χ1) is 5.33. The van der Waals surface area contributed by atoms with E-state index in [9.17, 15) is 0 Å². The van der Waals surface area contributed by atoms with E-state index >= 15 is 0 Å². The lowest BCUT2D eigenvalue weighted by Gasteiger charge is -2.27. The Morgan fingerprint density at radius 3 is 2.17 bits per heavy atom. The molecule has 0 rings (SSSR count). The zero-order valence-electron chi connectivity index (χ0n) is 8.51. The first kappa shape index (κ1) is 11.4. The summed E-state index contributed by atoms with van der Waals surface area (Å²) in [4.78, 5) is 0. The standard InChI is InChI=1S/C9H17NOSi/c1-6-7-9(2,8-10)11-12(3,4)5/h6-7H,1-5H3/b7-6+/t9-/m0/s1. The molecular formula is C9H17NOSi. The minimum Gasteiger partial charge on any atom is -0.397 e. The van der Waals surface area contributed by atoms with Gasteiger partial charge in [-0.1, -0.05) is 6.08 Å². The van der Waals surface area contributed by atoms with Crippen molar-refractivity contribution in [1.29, 1.82) is 5.26 Å². The highest BCUT2D eigenvalue weighted by Gasteiger charge is 2.28. The number of hydrogen-bond acceptors (Lipinski definition) is 2. The Balaban J connectivity index is 4.48. The van der Waals surface area contributed by atoms with Gasteiger partial charge < -0.3 is 4.43 Å². The lowest BCUT2D eigenvalue weighted by Crippen LogP contribution is -2.38. The molecule has 3 heteroatoms. The summed E-state index contributed by atoms with van der Waals surface area (Å²) < 4.78 is 5.71. The smallest absolute Gasteiger partial charge is 0.186 e. The molecule has 0 unspecified atom stereocenters. The Morgan fingerprint density at radius 1 is 1.42 bits per heavy atom. The molecule has 0 bridgehead atoms. The predicted molar refractivity (Wildman–Crippen MR) is 53.3 cm³/mol. The molecule has 12 heavy (non-hydrogen) atoms. The number of nitriles is 1. The maximum Gasteiger partial charge on any atom is 0.186 e. The average molecular weight is 183 g/mol. The van der Waals surface area contributed by atoms with Crippen LogP contribution in [0.4, 0.5) is 0 Å². The number of rotatable bonds is 3. The summed E-state index contributed by atoms with van der Waals surface area (Å²) in [5, 5.41) is 8.88. The third kappa shape index (κ3) is 4.32. The van der Waals surface area contributed by atoms with Crippen LogP contribution in [0.1, 0.15) is 13.8 Å². The van der Waals surface area contributed by atoms with Crippen LogP contribution in [0.2, 0.25) is 19.6 Å². The molecule has 0 saturated carbocycles. The lowest BCUT2D eigenvalue weighted by molar-refractivity contribution is 0.192. The van der Waals surface area contributed by atoms with Gasteiger partial charge in [0.25, 0.3) is 0 Å². The van der Waals surface area contributed by atoms with E-state index in [0.29, 0.717) is 0 Å². The number of hydrogen-bond donors (Lipinski definition) is 0. The Morgan fingerprint density at radius 2 is 1.92 bits per heavy atom. The normalized spacial score (nSPS) is 17.3. The molecule has 0 aromatic carbocycles. The molecule has 68 valence electrons. The highest BCUT2D eigenvalue weighted by Crippen LogP contribution is 2.18. The van der Waals surface area contributed by atoms with Gasteiger partial charge in [0.2, 0.25) is 0 Å². The number of nitrogens with zero attached hydrogens (tertiary/aromatic N) is 1. The second-order valence-electron chi connectivity index (χ2n) is 3.93. The largest absolute Gasteiger partial charge is 0.397 e. The molecule has 0 aromatic heterocycles. The SMILES string of the molecule is C/C=C/[C@@](C)(C#N)O[Si](C)(C)C. The van der Waals surface area contributed by atoms with Crippen LogP contribution in [0.25, 0.3) is 0 Å². The molecular weight excluding hydrogens is 166 g/mol. The van der Waals surface area contributed by atoms with Crippen LogP contribution >= 0.6 is 0 Å². The molecule has 0 aliphatic heterocycles. The van der Waals surface area contributed by atoms with Gasteiger partial charge >= 0.3 is 0 Å². The van der Waals surface area contributed by atoms with Gasteiger partial charge in [-0.05, 0) is 39.6 Å². The van der Waals surface area contributed by atoms with E-state index in [1.807, 2.05) is 13.0 Å². The van der Waals surface area contributed by atoms with Crippen LogP contribution in [0, 0.1) is 11.3 Å². The van der Waals surface area contributed by atoms with Crippen LogP contribution in [0.15, 0.2) is 12.2 Å². The van der Waals surface area contributed by atoms with E-state index in [2.05, 4.69) is 25.7 Å². The highest BCUT2D eigenvalue weighted by molar-refractivity contribution is 6.69. The average Bonchev–Trinajstić information content (AvgIpc) is 1.84. The fourth-order valence-electron chi connectivity index (χ4n) is 1.05. The van der Waals surface area contributed by atoms with Crippen molar-refractivity contribution < 1.29 is 4.43 Å². The highest BCUT2D eigenvalue weighted by atomic mass is 28.4. The van der Waals surface area contributed by atoms with Gasteiger partial charge in [-0.2, -0.15) is 5.26 Å². The molecule has 0 amide bonds. The fourth-order valence-corrected chi connectivity index (χ4v) is 2.43. The monoisotopic (exact) mass is 183 g/mol. The second-order valence-corrected chi connectivity index (χ2v) is 8.36. The van der Waals surface area contributed by atoms with E-state index in [0.717, 1.165) is 0 Å². The van der Waals surface area contributed by atoms with E-state index in [-0.39, 0.29) is 0 Å². The summed E-state index contributed by atoms with van der Waals surface area (Å²) in [5.41, 5.74) is -0.737. The van der Waals surface area contributed by atoms with Crippen LogP contribution in [0.5, 0.6) is 0 Å². The van der Waals surface area contributed by atoms with E-state index in [4.69, 9.17) is 9.69 Å². The van der Waals surface area contributed by atoms with Gasteiger partial charge in [0, 0.05) is 0 Å². The predicted octanol–water partition coefficient (Wildman–Crippen LogP) is 2.70. The molecule has 2 nitrogen and oxygen atoms in total. The van der Waals surface area contributed by atoms with E-state index < -0.39 is 13.9 Å². The summed E-state index contributed by atoms with van der Waals surface area (Å²) in [7, 11) is -1.62. The van der Waals surface area contributed by atoms with Crippen LogP contribution in [-0.2, 0) is 4.43 Å². The van der Waals surface area contributed by atoms with Crippen molar-refractivity contribution in [3.63, 3.8) is 0 Å². The third-order valence-corrected chi connectivity index (χ3v) is 2.26. The second kappa shape index (κ2) is 3.88. The number of allylic oxidation sites excluding steroid dienone is 1. The Bertz CT molecular complexity index is 212. The maximum atomic E-state index is 8.88. The van der Waals surface area contributed by atoms with Crippen LogP contribution in [-0.4, -0.2) is 13.9 Å². The molecule has 0 spiro atoms. The summed E-state index contributed by atoms with van der Waals surface area (Å²) in [6.45, 7) is 9.92. The van der Waals surface area contributed by atoms with E-state index in [1.54, 1.807) is 13.0 Å². The minimum atomic E-state index is -1.62. The first-order valence-corrected chi connectivity index (χ1v) is 7.49. The van der Waals surface area contributed by atoms with Crippen LogP contribution < -0.4 is 0 Å². The van der Waals surface area contributed by atoms with Crippen molar-refractivity contribution in [2.45, 2.75) is 39.1 Å². The van der Waals surface area contributed by atoms with Crippen molar-refractivity contribution in [2.24, 2.45) is 0 Å². The zero-order chi connectivity index (χ0) is 9.83. The molecule has 1 atom stereocenters. The Labute approximate surface area is 76.0 Å². The summed E-state index contributed by atoms with van der Waals surface area (Å²) in [6.07, 6.45) is 3.65. The molecule has 0 saturated heterocycles. The molecule has 0 heterocycles. The molecule has 0 fully saturated rings. The van der Waals surface area contributed by atoms with Gasteiger partial charge in [0.05, 0.1) is 0 Å². The van der Waals surface area contributed by atoms with Crippen molar-refractivity contribution >= 4 is 8.32 Å². The van der Waals surface area contributed by atoms with Crippen molar-refractivity contribution in [3.8, 4) is 6.07 Å². The Hall–Kier alpha value is -0.593. The quantitative estimate of drug-likeness (QED) is 0.498. The molecule has 0 N–H and O–H groups in total. The van der Waals surface area contributed by atoms with Crippen molar-refractivity contribution in [2.75, 3.05) is 0 Å². The van der Waals surface area contributed by atoms with Gasteiger partial charge in [-0.25, -0.2) is 0 Å². The van der Waals surface area contributed by atoms with Crippen molar-refractivity contribution in [1.82, 2.24) is 0 Å². The molecule has 0 radical (unpaired) electrons. The summed E-state index contributed by atoms with van der Waals surface area (Å²) in [5.74, 6) is 0. The first-order valence-electron chi connectivity index (χ1n) is 4.08. The molecule has 0 aliphatic rings. The molecule has 0 aromatic rings. The van der Waals surface area contributed by atoms with Gasteiger partial charge in [0.1, 0.15) is 6.07 Å². The van der Waals surface area contributed by atoms with Crippen LogP contribution in [0.3, 0.4) is 0 Å². The Kier molecular flexibility index (Phi) is 3.69. The maximum absolute atomic E-state index is 8.88. The molecule has 0 aliphatic carbocycles. The van der Waals surface area contributed by atoms with E-state index in [1.165, 1.54) is 0 Å². The van der Waals surface area contributed by atoms with Gasteiger partial charge in [-0.15, -0.1) is 0 Å². The summed E-state index contributed by atoms with van der Waals surface area (Å²) >= 11 is 0. The lowest BCUT2D eigenvalue weighted by atomic mass is 10.1. The zero-order valence-corrected chi connectivity index (χ0v) is 9.51. The summed E-state index contributed by atoms with van der Waals surface area (Å²) in [6, 6.07) is 2.16. The van der Waals surface area contributed by atoms with Crippen molar-refractivity contribution in [3.05, 3.63) is 12.2 Å². The minimum absolute atomic E-state index is 0.737.